The van der Waals surface area contributed by atoms with Gasteiger partial charge in [0.05, 0.1) is 5.69 Å². The summed E-state index contributed by atoms with van der Waals surface area (Å²) in [5.41, 5.74) is 4.69. The molecule has 0 saturated heterocycles. The van der Waals surface area contributed by atoms with E-state index in [1.165, 1.54) is 11.3 Å². The number of aromatic nitrogens is 1. The molecule has 1 aromatic heterocycles. The number of carbonyl (C=O) groups excluding carboxylic acids is 1. The Labute approximate surface area is 141 Å². The molecule has 24 heavy (non-hydrogen) atoms. The summed E-state index contributed by atoms with van der Waals surface area (Å²) in [6, 6.07) is 21.6. The lowest BCUT2D eigenvalue weighted by Gasteiger charge is -2.19. The number of nitrogens with zero attached hydrogens (tertiary/aromatic N) is 2. The second-order valence-electron chi connectivity index (χ2n) is 6.03. The summed E-state index contributed by atoms with van der Waals surface area (Å²) < 4.78 is 0. The third kappa shape index (κ3) is 2.48. The standard InChI is InChI=1S/C21H18N2O/c1-15-18(21(24)17-8-3-2-4-9-17)11-12-20(22-15)23-14-13-16-7-5-6-10-19(16)23/h2-12H,13-14H2,1H3. The van der Waals surface area contributed by atoms with Gasteiger partial charge in [0.1, 0.15) is 5.82 Å². The van der Waals surface area contributed by atoms with Crippen LogP contribution in [0, 0.1) is 6.92 Å². The number of carbonyl (C=O) groups is 1. The van der Waals surface area contributed by atoms with E-state index in [-0.39, 0.29) is 5.78 Å². The highest BCUT2D eigenvalue weighted by Gasteiger charge is 2.22. The summed E-state index contributed by atoms with van der Waals surface area (Å²) in [5.74, 6) is 0.927. The molecule has 1 aliphatic heterocycles. The van der Waals surface area contributed by atoms with Crippen molar-refractivity contribution < 1.29 is 4.79 Å². The Kier molecular flexibility index (Phi) is 3.62. The predicted octanol–water partition coefficient (Wildman–Crippen LogP) is 4.32. The summed E-state index contributed by atoms with van der Waals surface area (Å²) >= 11 is 0. The highest BCUT2D eigenvalue weighted by atomic mass is 16.1. The number of hydrogen-bond donors (Lipinski definition) is 0. The van der Waals surface area contributed by atoms with Crippen LogP contribution in [-0.2, 0) is 6.42 Å². The van der Waals surface area contributed by atoms with Crippen molar-refractivity contribution in [3.63, 3.8) is 0 Å². The lowest BCUT2D eigenvalue weighted by atomic mass is 10.0. The van der Waals surface area contributed by atoms with Crippen molar-refractivity contribution in [2.24, 2.45) is 0 Å². The number of hydrogen-bond acceptors (Lipinski definition) is 3. The zero-order valence-corrected chi connectivity index (χ0v) is 13.6. The van der Waals surface area contributed by atoms with Crippen LogP contribution in [0.2, 0.25) is 0 Å². The smallest absolute Gasteiger partial charge is 0.194 e. The maximum atomic E-state index is 12.6. The Bertz CT molecular complexity index is 903. The first-order chi connectivity index (χ1) is 11.7. The fraction of sp³-hybridized carbons (Fsp3) is 0.143. The zero-order chi connectivity index (χ0) is 16.5. The molecule has 0 saturated carbocycles. The molecule has 0 aliphatic carbocycles. The van der Waals surface area contributed by atoms with E-state index in [0.29, 0.717) is 11.1 Å². The van der Waals surface area contributed by atoms with Gasteiger partial charge in [0, 0.05) is 23.4 Å². The third-order valence-electron chi connectivity index (χ3n) is 4.52. The van der Waals surface area contributed by atoms with Crippen LogP contribution < -0.4 is 4.90 Å². The van der Waals surface area contributed by atoms with Gasteiger partial charge in [-0.15, -0.1) is 0 Å². The molecule has 2 aromatic carbocycles. The fourth-order valence-corrected chi connectivity index (χ4v) is 3.26. The molecule has 0 spiro atoms. The topological polar surface area (TPSA) is 33.2 Å². The lowest BCUT2D eigenvalue weighted by Crippen LogP contribution is -2.16. The number of aryl methyl sites for hydroxylation is 1. The summed E-state index contributed by atoms with van der Waals surface area (Å²) in [4.78, 5) is 19.6. The molecule has 0 fully saturated rings. The minimum absolute atomic E-state index is 0.0222. The van der Waals surface area contributed by atoms with E-state index in [9.17, 15) is 4.79 Å². The molecule has 1 aliphatic rings. The van der Waals surface area contributed by atoms with Crippen molar-refractivity contribution in [3.05, 3.63) is 89.1 Å². The van der Waals surface area contributed by atoms with Crippen molar-refractivity contribution >= 4 is 17.3 Å². The number of benzene rings is 2. The number of fused-ring (bicyclic) bond motifs is 1. The number of para-hydroxylation sites is 1. The first-order valence-electron chi connectivity index (χ1n) is 8.17. The summed E-state index contributed by atoms with van der Waals surface area (Å²) in [5, 5.41) is 0. The van der Waals surface area contributed by atoms with Gasteiger partial charge in [0.15, 0.2) is 5.78 Å². The molecule has 0 amide bonds. The van der Waals surface area contributed by atoms with E-state index < -0.39 is 0 Å². The van der Waals surface area contributed by atoms with Gasteiger partial charge in [0.2, 0.25) is 0 Å². The van der Waals surface area contributed by atoms with Gasteiger partial charge in [-0.3, -0.25) is 4.79 Å². The average molecular weight is 314 g/mol. The molecule has 0 N–H and O–H groups in total. The van der Waals surface area contributed by atoms with Crippen molar-refractivity contribution in [2.45, 2.75) is 13.3 Å². The second-order valence-corrected chi connectivity index (χ2v) is 6.03. The molecule has 2 heterocycles. The van der Waals surface area contributed by atoms with Gasteiger partial charge in [-0.05, 0) is 37.1 Å². The normalized spacial score (nSPS) is 13.0. The van der Waals surface area contributed by atoms with Crippen molar-refractivity contribution in [1.29, 1.82) is 0 Å². The predicted molar refractivity (Wildman–Crippen MR) is 96.0 cm³/mol. The van der Waals surface area contributed by atoms with Gasteiger partial charge in [-0.1, -0.05) is 48.5 Å². The van der Waals surface area contributed by atoms with Crippen LogP contribution in [0.5, 0.6) is 0 Å². The SMILES string of the molecule is Cc1nc(N2CCc3ccccc32)ccc1C(=O)c1ccccc1. The van der Waals surface area contributed by atoms with E-state index >= 15 is 0 Å². The van der Waals surface area contributed by atoms with Crippen LogP contribution in [0.4, 0.5) is 11.5 Å². The van der Waals surface area contributed by atoms with Gasteiger partial charge in [0.25, 0.3) is 0 Å². The first-order valence-corrected chi connectivity index (χ1v) is 8.17. The van der Waals surface area contributed by atoms with E-state index in [0.717, 1.165) is 24.5 Å². The summed E-state index contributed by atoms with van der Waals surface area (Å²) in [6.45, 7) is 2.83. The third-order valence-corrected chi connectivity index (χ3v) is 4.52. The van der Waals surface area contributed by atoms with Crippen LogP contribution >= 0.6 is 0 Å². The van der Waals surface area contributed by atoms with Crippen LogP contribution in [0.1, 0.15) is 27.2 Å². The second kappa shape index (κ2) is 5.93. The van der Waals surface area contributed by atoms with Crippen LogP contribution in [0.3, 0.4) is 0 Å². The van der Waals surface area contributed by atoms with Crippen LogP contribution in [0.25, 0.3) is 0 Å². The molecule has 0 unspecified atom stereocenters. The average Bonchev–Trinajstić information content (AvgIpc) is 3.06. The molecule has 0 radical (unpaired) electrons. The van der Waals surface area contributed by atoms with E-state index in [2.05, 4.69) is 29.2 Å². The maximum Gasteiger partial charge on any atom is 0.194 e. The van der Waals surface area contributed by atoms with E-state index in [1.54, 1.807) is 0 Å². The highest BCUT2D eigenvalue weighted by molar-refractivity contribution is 6.09. The van der Waals surface area contributed by atoms with Gasteiger partial charge in [-0.25, -0.2) is 4.98 Å². The van der Waals surface area contributed by atoms with E-state index in [4.69, 9.17) is 4.98 Å². The number of pyridine rings is 1. The highest BCUT2D eigenvalue weighted by Crippen LogP contribution is 2.33. The molecule has 118 valence electrons. The number of ketones is 1. The monoisotopic (exact) mass is 314 g/mol. The zero-order valence-electron chi connectivity index (χ0n) is 13.6. The minimum Gasteiger partial charge on any atom is -0.326 e. The Morgan fingerprint density at radius 1 is 0.958 bits per heavy atom. The Morgan fingerprint density at radius 2 is 1.71 bits per heavy atom. The molecule has 3 aromatic rings. The van der Waals surface area contributed by atoms with Crippen molar-refractivity contribution in [3.8, 4) is 0 Å². The molecule has 0 atom stereocenters. The summed E-state index contributed by atoms with van der Waals surface area (Å²) in [6.07, 6.45) is 1.03. The number of rotatable bonds is 3. The van der Waals surface area contributed by atoms with Gasteiger partial charge < -0.3 is 4.90 Å². The van der Waals surface area contributed by atoms with E-state index in [1.807, 2.05) is 49.4 Å². The maximum absolute atomic E-state index is 12.6. The first kappa shape index (κ1) is 14.6. The lowest BCUT2D eigenvalue weighted by molar-refractivity contribution is 0.103. The Balaban J connectivity index is 1.67. The molecule has 0 bridgehead atoms. The quantitative estimate of drug-likeness (QED) is 0.675. The Hall–Kier alpha value is -2.94. The molecule has 3 heteroatoms. The van der Waals surface area contributed by atoms with Crippen LogP contribution in [0.15, 0.2) is 66.7 Å². The molecule has 3 nitrogen and oxygen atoms in total. The molecule has 4 rings (SSSR count). The van der Waals surface area contributed by atoms with Crippen LogP contribution in [-0.4, -0.2) is 17.3 Å². The Morgan fingerprint density at radius 3 is 2.50 bits per heavy atom. The summed E-state index contributed by atoms with van der Waals surface area (Å²) in [7, 11) is 0. The number of anilines is 2. The van der Waals surface area contributed by atoms with Crippen molar-refractivity contribution in [1.82, 2.24) is 4.98 Å². The van der Waals surface area contributed by atoms with Gasteiger partial charge in [-0.2, -0.15) is 0 Å². The van der Waals surface area contributed by atoms with Gasteiger partial charge >= 0.3 is 0 Å². The molecular weight excluding hydrogens is 296 g/mol. The molecular formula is C21H18N2O. The fourth-order valence-electron chi connectivity index (χ4n) is 3.26. The minimum atomic E-state index is 0.0222. The largest absolute Gasteiger partial charge is 0.326 e. The van der Waals surface area contributed by atoms with Crippen molar-refractivity contribution in [2.75, 3.05) is 11.4 Å².